The minimum Gasteiger partial charge on any atom is -0.370 e. The number of morpholine rings is 1. The summed E-state index contributed by atoms with van der Waals surface area (Å²) in [5.74, 6) is -0.228. The number of hydrogen-bond acceptors (Lipinski definition) is 2. The Hall–Kier alpha value is -2.02. The average Bonchev–Trinajstić information content (AvgIpc) is 2.68. The lowest BCUT2D eigenvalue weighted by molar-refractivity contribution is -0.921. The highest BCUT2D eigenvalue weighted by Gasteiger charge is 2.15. The van der Waals surface area contributed by atoms with Gasteiger partial charge >= 0.3 is 0 Å². The topological polar surface area (TPSA) is 37.7 Å². The van der Waals surface area contributed by atoms with Crippen LogP contribution in [0.4, 0.5) is 4.39 Å². The van der Waals surface area contributed by atoms with E-state index in [1.807, 2.05) is 0 Å². The first-order valence-electron chi connectivity index (χ1n) is 8.95. The van der Waals surface area contributed by atoms with Gasteiger partial charge in [0.15, 0.2) is 5.11 Å². The van der Waals surface area contributed by atoms with Crippen molar-refractivity contribution < 1.29 is 14.0 Å². The van der Waals surface area contributed by atoms with E-state index in [9.17, 15) is 4.39 Å². The summed E-state index contributed by atoms with van der Waals surface area (Å²) in [5.41, 5.74) is 3.60. The smallest absolute Gasteiger partial charge is 0.166 e. The number of rotatable bonds is 6. The SMILES string of the molecule is Fc1ccc(CNC(=S)NCc2ccccc2C[NH+]2CCOCC2)cc1. The van der Waals surface area contributed by atoms with Crippen LogP contribution in [0, 0.1) is 5.82 Å². The van der Waals surface area contributed by atoms with Crippen molar-refractivity contribution in [1.82, 2.24) is 10.6 Å². The van der Waals surface area contributed by atoms with Gasteiger partial charge in [-0.1, -0.05) is 36.4 Å². The monoisotopic (exact) mass is 374 g/mol. The minimum absolute atomic E-state index is 0.228. The van der Waals surface area contributed by atoms with E-state index in [1.54, 1.807) is 17.0 Å². The van der Waals surface area contributed by atoms with Gasteiger partial charge < -0.3 is 20.3 Å². The Kier molecular flexibility index (Phi) is 6.94. The summed E-state index contributed by atoms with van der Waals surface area (Å²) in [7, 11) is 0. The van der Waals surface area contributed by atoms with Crippen molar-refractivity contribution >= 4 is 17.3 Å². The third kappa shape index (κ3) is 5.76. The predicted octanol–water partition coefficient (Wildman–Crippen LogP) is 1.41. The summed E-state index contributed by atoms with van der Waals surface area (Å²) >= 11 is 5.36. The van der Waals surface area contributed by atoms with Crippen molar-refractivity contribution in [1.29, 1.82) is 0 Å². The molecule has 0 bridgehead atoms. The summed E-state index contributed by atoms with van der Waals surface area (Å²) in [6, 6.07) is 14.9. The van der Waals surface area contributed by atoms with Gasteiger partial charge in [0.1, 0.15) is 25.5 Å². The van der Waals surface area contributed by atoms with Crippen molar-refractivity contribution in [2.24, 2.45) is 0 Å². The highest BCUT2D eigenvalue weighted by Crippen LogP contribution is 2.07. The van der Waals surface area contributed by atoms with Crippen LogP contribution in [0.3, 0.4) is 0 Å². The van der Waals surface area contributed by atoms with Gasteiger partial charge in [0.05, 0.1) is 13.2 Å². The highest BCUT2D eigenvalue weighted by atomic mass is 32.1. The number of thiocarbonyl (C=S) groups is 1. The highest BCUT2D eigenvalue weighted by molar-refractivity contribution is 7.80. The summed E-state index contributed by atoms with van der Waals surface area (Å²) in [6.07, 6.45) is 0. The van der Waals surface area contributed by atoms with Crippen molar-refractivity contribution in [3.63, 3.8) is 0 Å². The van der Waals surface area contributed by atoms with E-state index in [0.717, 1.165) is 38.4 Å². The van der Waals surface area contributed by atoms with Gasteiger partial charge in [-0.25, -0.2) is 4.39 Å². The lowest BCUT2D eigenvalue weighted by atomic mass is 10.1. The van der Waals surface area contributed by atoms with E-state index in [1.165, 1.54) is 23.3 Å². The van der Waals surface area contributed by atoms with Crippen molar-refractivity contribution in [2.75, 3.05) is 26.3 Å². The van der Waals surface area contributed by atoms with Crippen LogP contribution in [0.25, 0.3) is 0 Å². The van der Waals surface area contributed by atoms with E-state index in [4.69, 9.17) is 17.0 Å². The van der Waals surface area contributed by atoms with Crippen LogP contribution in [0.2, 0.25) is 0 Å². The standard InChI is InChI=1S/C20H24FN3OS/c21-19-7-5-16(6-8-19)13-22-20(26)23-14-17-3-1-2-4-18(17)15-24-9-11-25-12-10-24/h1-8H,9-15H2,(H2,22,23,26)/p+1. The summed E-state index contributed by atoms with van der Waals surface area (Å²) in [5, 5.41) is 7.04. The fraction of sp³-hybridized carbons (Fsp3) is 0.350. The molecule has 0 unspecified atom stereocenters. The van der Waals surface area contributed by atoms with Crippen LogP contribution < -0.4 is 15.5 Å². The molecular weight excluding hydrogens is 349 g/mol. The second-order valence-electron chi connectivity index (χ2n) is 6.47. The maximum atomic E-state index is 12.9. The molecule has 26 heavy (non-hydrogen) atoms. The molecular formula is C20H25FN3OS+. The Labute approximate surface area is 159 Å². The Morgan fingerprint density at radius 3 is 2.35 bits per heavy atom. The molecule has 1 heterocycles. The largest absolute Gasteiger partial charge is 0.370 e. The molecule has 0 aliphatic carbocycles. The summed E-state index contributed by atoms with van der Waals surface area (Å²) in [4.78, 5) is 1.56. The van der Waals surface area contributed by atoms with Gasteiger partial charge in [0.25, 0.3) is 0 Å². The molecule has 138 valence electrons. The zero-order valence-corrected chi connectivity index (χ0v) is 15.6. The molecule has 1 aliphatic rings. The molecule has 1 fully saturated rings. The molecule has 0 radical (unpaired) electrons. The molecule has 3 rings (SSSR count). The van der Waals surface area contributed by atoms with Gasteiger partial charge in [0, 0.05) is 18.7 Å². The first-order chi connectivity index (χ1) is 12.7. The van der Waals surface area contributed by atoms with Crippen molar-refractivity contribution in [3.05, 3.63) is 71.0 Å². The zero-order chi connectivity index (χ0) is 18.2. The Bertz CT molecular complexity index is 717. The average molecular weight is 375 g/mol. The predicted molar refractivity (Wildman–Crippen MR) is 104 cm³/mol. The molecule has 0 amide bonds. The number of nitrogens with one attached hydrogen (secondary N) is 3. The summed E-state index contributed by atoms with van der Waals surface area (Å²) < 4.78 is 18.4. The molecule has 1 aliphatic heterocycles. The third-order valence-electron chi connectivity index (χ3n) is 4.56. The molecule has 3 N–H and O–H groups in total. The van der Waals surface area contributed by atoms with Crippen molar-refractivity contribution in [3.8, 4) is 0 Å². The number of halogens is 1. The number of benzene rings is 2. The Morgan fingerprint density at radius 2 is 1.62 bits per heavy atom. The molecule has 6 heteroatoms. The van der Waals surface area contributed by atoms with Crippen LogP contribution >= 0.6 is 12.2 Å². The fourth-order valence-corrected chi connectivity index (χ4v) is 3.18. The van der Waals surface area contributed by atoms with E-state index in [2.05, 4.69) is 34.9 Å². The second-order valence-corrected chi connectivity index (χ2v) is 6.88. The second kappa shape index (κ2) is 9.62. The number of quaternary nitrogens is 1. The maximum Gasteiger partial charge on any atom is 0.166 e. The lowest BCUT2D eigenvalue weighted by Gasteiger charge is -2.24. The van der Waals surface area contributed by atoms with Gasteiger partial charge in [-0.05, 0) is 35.5 Å². The van der Waals surface area contributed by atoms with Crippen LogP contribution in [0.15, 0.2) is 48.5 Å². The molecule has 2 aromatic carbocycles. The first kappa shape index (κ1) is 18.8. The minimum atomic E-state index is -0.228. The Balaban J connectivity index is 1.49. The van der Waals surface area contributed by atoms with E-state index >= 15 is 0 Å². The summed E-state index contributed by atoms with van der Waals surface area (Å²) in [6.45, 7) is 6.07. The van der Waals surface area contributed by atoms with E-state index < -0.39 is 0 Å². The molecule has 4 nitrogen and oxygen atoms in total. The van der Waals surface area contributed by atoms with Gasteiger partial charge in [-0.15, -0.1) is 0 Å². The molecule has 0 aromatic heterocycles. The number of hydrogen-bond donors (Lipinski definition) is 3. The third-order valence-corrected chi connectivity index (χ3v) is 4.85. The van der Waals surface area contributed by atoms with Crippen LogP contribution in [-0.2, 0) is 24.4 Å². The van der Waals surface area contributed by atoms with Crippen LogP contribution in [0.1, 0.15) is 16.7 Å². The molecule has 2 aromatic rings. The quantitative estimate of drug-likeness (QED) is 0.669. The van der Waals surface area contributed by atoms with Gasteiger partial charge in [-0.2, -0.15) is 0 Å². The normalized spacial score (nSPS) is 14.8. The molecule has 0 spiro atoms. The van der Waals surface area contributed by atoms with E-state index in [0.29, 0.717) is 18.2 Å². The van der Waals surface area contributed by atoms with E-state index in [-0.39, 0.29) is 5.82 Å². The maximum absolute atomic E-state index is 12.9. The fourth-order valence-electron chi connectivity index (χ4n) is 3.03. The van der Waals surface area contributed by atoms with Crippen LogP contribution in [0.5, 0.6) is 0 Å². The van der Waals surface area contributed by atoms with Gasteiger partial charge in [-0.3, -0.25) is 0 Å². The van der Waals surface area contributed by atoms with Crippen molar-refractivity contribution in [2.45, 2.75) is 19.6 Å². The molecule has 1 saturated heterocycles. The van der Waals surface area contributed by atoms with Gasteiger partial charge in [0.2, 0.25) is 0 Å². The zero-order valence-electron chi connectivity index (χ0n) is 14.8. The molecule has 0 saturated carbocycles. The Morgan fingerprint density at radius 1 is 0.962 bits per heavy atom. The lowest BCUT2D eigenvalue weighted by Crippen LogP contribution is -3.12. The first-order valence-corrected chi connectivity index (χ1v) is 9.36. The van der Waals surface area contributed by atoms with Crippen LogP contribution in [-0.4, -0.2) is 31.4 Å². The molecule has 0 atom stereocenters. The number of ether oxygens (including phenoxy) is 1.